The summed E-state index contributed by atoms with van der Waals surface area (Å²) in [5.74, 6) is 0.218. The maximum absolute atomic E-state index is 9.38. The third-order valence-corrected chi connectivity index (χ3v) is 2.32. The predicted molar refractivity (Wildman–Crippen MR) is 76.7 cm³/mol. The predicted octanol–water partition coefficient (Wildman–Crippen LogP) is 2.91. The minimum atomic E-state index is -0.190. The standard InChI is InChI=1S/C14H12N4O/c1-3-10-5-4-6-11(7-10)9-16-12-8-13(19)18-14(15-2)17-12/h3-9H,1-2H2,(H,17,18,19)/b16-9-. The summed E-state index contributed by atoms with van der Waals surface area (Å²) in [5.41, 5.74) is 1.91. The lowest BCUT2D eigenvalue weighted by atomic mass is 10.1. The molecule has 5 nitrogen and oxygen atoms in total. The Bertz CT molecular complexity index is 650. The van der Waals surface area contributed by atoms with Crippen LogP contribution in [0.2, 0.25) is 0 Å². The first-order valence-electron chi connectivity index (χ1n) is 5.52. The van der Waals surface area contributed by atoms with Gasteiger partial charge >= 0.3 is 0 Å². The first-order valence-corrected chi connectivity index (χ1v) is 5.52. The van der Waals surface area contributed by atoms with Crippen LogP contribution in [0.4, 0.5) is 11.8 Å². The minimum Gasteiger partial charge on any atom is -0.493 e. The second-order valence-electron chi connectivity index (χ2n) is 3.67. The van der Waals surface area contributed by atoms with Gasteiger partial charge in [0.25, 0.3) is 5.95 Å². The summed E-state index contributed by atoms with van der Waals surface area (Å²) in [7, 11) is 0. The Hall–Kier alpha value is -2.82. The van der Waals surface area contributed by atoms with Crippen LogP contribution in [0.25, 0.3) is 6.08 Å². The van der Waals surface area contributed by atoms with Gasteiger partial charge in [0.1, 0.15) is 0 Å². The number of aromatic nitrogens is 2. The molecule has 2 rings (SSSR count). The highest BCUT2D eigenvalue weighted by Gasteiger charge is 2.00. The van der Waals surface area contributed by atoms with E-state index in [1.54, 1.807) is 12.3 Å². The first kappa shape index (κ1) is 12.6. The molecular formula is C14H12N4O. The highest BCUT2D eigenvalue weighted by Crippen LogP contribution is 2.18. The average Bonchev–Trinajstić information content (AvgIpc) is 2.44. The second-order valence-corrected chi connectivity index (χ2v) is 3.67. The molecule has 0 atom stereocenters. The van der Waals surface area contributed by atoms with Gasteiger partial charge in [-0.05, 0) is 23.9 Å². The Morgan fingerprint density at radius 3 is 2.68 bits per heavy atom. The summed E-state index contributed by atoms with van der Waals surface area (Å²) < 4.78 is 0. The van der Waals surface area contributed by atoms with Crippen LogP contribution in [0, 0.1) is 0 Å². The van der Waals surface area contributed by atoms with Gasteiger partial charge in [-0.25, -0.2) is 9.98 Å². The molecule has 1 N–H and O–H groups in total. The Kier molecular flexibility index (Phi) is 3.78. The molecule has 1 aromatic heterocycles. The van der Waals surface area contributed by atoms with Crippen LogP contribution < -0.4 is 0 Å². The fraction of sp³-hybridized carbons (Fsp3) is 0. The molecule has 0 saturated heterocycles. The molecule has 0 amide bonds. The van der Waals surface area contributed by atoms with Gasteiger partial charge in [0.05, 0.1) is 0 Å². The average molecular weight is 252 g/mol. The van der Waals surface area contributed by atoms with Crippen molar-refractivity contribution in [2.24, 2.45) is 9.98 Å². The van der Waals surface area contributed by atoms with Gasteiger partial charge < -0.3 is 5.11 Å². The van der Waals surface area contributed by atoms with Crippen LogP contribution in [0.5, 0.6) is 5.88 Å². The van der Waals surface area contributed by atoms with Crippen LogP contribution in [-0.2, 0) is 0 Å². The number of aromatic hydroxyl groups is 1. The molecule has 0 saturated carbocycles. The van der Waals surface area contributed by atoms with E-state index < -0.39 is 0 Å². The van der Waals surface area contributed by atoms with Crippen molar-refractivity contribution in [1.29, 1.82) is 0 Å². The van der Waals surface area contributed by atoms with Gasteiger partial charge in [-0.2, -0.15) is 9.97 Å². The summed E-state index contributed by atoms with van der Waals surface area (Å²) >= 11 is 0. The van der Waals surface area contributed by atoms with E-state index in [0.717, 1.165) is 11.1 Å². The normalized spacial score (nSPS) is 10.5. The smallest absolute Gasteiger partial charge is 0.254 e. The van der Waals surface area contributed by atoms with E-state index >= 15 is 0 Å². The molecule has 0 unspecified atom stereocenters. The molecule has 0 aliphatic heterocycles. The van der Waals surface area contributed by atoms with E-state index in [1.165, 1.54) is 6.07 Å². The summed E-state index contributed by atoms with van der Waals surface area (Å²) in [6.07, 6.45) is 3.40. The van der Waals surface area contributed by atoms with Crippen LogP contribution >= 0.6 is 0 Å². The molecule has 1 heterocycles. The molecule has 0 radical (unpaired) electrons. The van der Waals surface area contributed by atoms with Gasteiger partial charge in [0.15, 0.2) is 5.82 Å². The molecule has 5 heteroatoms. The first-order chi connectivity index (χ1) is 9.21. The monoisotopic (exact) mass is 252 g/mol. The number of benzene rings is 1. The topological polar surface area (TPSA) is 70.7 Å². The molecule has 94 valence electrons. The van der Waals surface area contributed by atoms with Crippen LogP contribution in [0.3, 0.4) is 0 Å². The molecule has 0 aliphatic rings. The number of hydrogen-bond acceptors (Lipinski definition) is 5. The lowest BCUT2D eigenvalue weighted by Gasteiger charge is -1.98. The lowest BCUT2D eigenvalue weighted by Crippen LogP contribution is -1.84. The molecule has 0 spiro atoms. The minimum absolute atomic E-state index is 0.0898. The van der Waals surface area contributed by atoms with Crippen molar-refractivity contribution in [1.82, 2.24) is 9.97 Å². The van der Waals surface area contributed by atoms with Crippen molar-refractivity contribution in [2.45, 2.75) is 0 Å². The zero-order chi connectivity index (χ0) is 13.7. The quantitative estimate of drug-likeness (QED) is 0.850. The second kappa shape index (κ2) is 5.68. The summed E-state index contributed by atoms with van der Waals surface area (Å²) in [6.45, 7) is 7.01. The van der Waals surface area contributed by atoms with Gasteiger partial charge in [0, 0.05) is 12.3 Å². The zero-order valence-corrected chi connectivity index (χ0v) is 10.2. The molecule has 19 heavy (non-hydrogen) atoms. The van der Waals surface area contributed by atoms with Crippen molar-refractivity contribution in [3.8, 4) is 5.88 Å². The van der Waals surface area contributed by atoms with E-state index in [9.17, 15) is 5.11 Å². The van der Waals surface area contributed by atoms with Crippen molar-refractivity contribution in [3.05, 3.63) is 48.0 Å². The Balaban J connectivity index is 2.28. The van der Waals surface area contributed by atoms with Crippen LogP contribution in [0.1, 0.15) is 11.1 Å². The SMILES string of the molecule is C=Cc1cccc(/C=N\c2cc(O)nc(N=C)n2)c1. The van der Waals surface area contributed by atoms with Crippen molar-refractivity contribution in [3.63, 3.8) is 0 Å². The largest absolute Gasteiger partial charge is 0.493 e. The van der Waals surface area contributed by atoms with E-state index in [4.69, 9.17) is 0 Å². The zero-order valence-electron chi connectivity index (χ0n) is 10.2. The Morgan fingerprint density at radius 1 is 1.16 bits per heavy atom. The van der Waals surface area contributed by atoms with Crippen molar-refractivity contribution in [2.75, 3.05) is 0 Å². The number of rotatable bonds is 4. The fourth-order valence-corrected chi connectivity index (χ4v) is 1.45. The fourth-order valence-electron chi connectivity index (χ4n) is 1.45. The van der Waals surface area contributed by atoms with Crippen molar-refractivity contribution < 1.29 is 5.11 Å². The van der Waals surface area contributed by atoms with Crippen LogP contribution in [-0.4, -0.2) is 28.0 Å². The molecule has 0 bridgehead atoms. The van der Waals surface area contributed by atoms with E-state index in [1.807, 2.05) is 24.3 Å². The van der Waals surface area contributed by atoms with Crippen LogP contribution in [0.15, 0.2) is 46.9 Å². The third-order valence-electron chi connectivity index (χ3n) is 2.32. The molecule has 2 aromatic rings. The highest BCUT2D eigenvalue weighted by molar-refractivity contribution is 5.82. The van der Waals surface area contributed by atoms with Gasteiger partial charge in [0.2, 0.25) is 5.88 Å². The number of nitrogens with zero attached hydrogens (tertiary/aromatic N) is 4. The molecular weight excluding hydrogens is 240 g/mol. The summed E-state index contributed by atoms with van der Waals surface area (Å²) in [6, 6.07) is 9.05. The lowest BCUT2D eigenvalue weighted by molar-refractivity contribution is 0.453. The maximum atomic E-state index is 9.38. The number of aliphatic imine (C=N–C) groups is 2. The highest BCUT2D eigenvalue weighted by atomic mass is 16.3. The third kappa shape index (κ3) is 3.32. The van der Waals surface area contributed by atoms with Gasteiger partial charge in [-0.1, -0.05) is 30.9 Å². The Morgan fingerprint density at radius 2 is 1.95 bits per heavy atom. The van der Waals surface area contributed by atoms with Gasteiger partial charge in [-0.3, -0.25) is 0 Å². The summed E-state index contributed by atoms with van der Waals surface area (Å²) in [4.78, 5) is 15.4. The van der Waals surface area contributed by atoms with E-state index in [-0.39, 0.29) is 11.8 Å². The maximum Gasteiger partial charge on any atom is 0.254 e. The number of hydrogen-bond donors (Lipinski definition) is 1. The molecule has 0 fully saturated rings. The van der Waals surface area contributed by atoms with Gasteiger partial charge in [-0.15, -0.1) is 0 Å². The molecule has 1 aromatic carbocycles. The Labute approximate surface area is 110 Å². The van der Waals surface area contributed by atoms with Crippen molar-refractivity contribution >= 4 is 30.8 Å². The summed E-state index contributed by atoms with van der Waals surface area (Å²) in [5, 5.41) is 9.38. The van der Waals surface area contributed by atoms with E-state index in [2.05, 4.69) is 33.2 Å². The molecule has 0 aliphatic carbocycles. The van der Waals surface area contributed by atoms with E-state index in [0.29, 0.717) is 5.82 Å².